The molecule has 1 aromatic carbocycles. The van der Waals surface area contributed by atoms with Crippen LogP contribution < -0.4 is 11.1 Å². The van der Waals surface area contributed by atoms with Crippen molar-refractivity contribution in [2.75, 3.05) is 26.2 Å². The molecular formula is C16H25N3O. The van der Waals surface area contributed by atoms with Crippen LogP contribution in [0.2, 0.25) is 0 Å². The molecule has 1 fully saturated rings. The van der Waals surface area contributed by atoms with E-state index in [0.29, 0.717) is 5.56 Å². The Balaban J connectivity index is 1.74. The maximum absolute atomic E-state index is 11.1. The normalized spacial score (nSPS) is 16.2. The van der Waals surface area contributed by atoms with Crippen molar-refractivity contribution in [2.45, 2.75) is 32.7 Å². The first-order chi connectivity index (χ1) is 9.66. The lowest BCUT2D eigenvalue weighted by Crippen LogP contribution is -2.35. The van der Waals surface area contributed by atoms with Gasteiger partial charge in [0.1, 0.15) is 0 Å². The molecule has 0 aromatic heterocycles. The van der Waals surface area contributed by atoms with Crippen LogP contribution in [0, 0.1) is 6.92 Å². The third-order valence-corrected chi connectivity index (χ3v) is 4.00. The smallest absolute Gasteiger partial charge is 0.248 e. The minimum absolute atomic E-state index is 0.363. The SMILES string of the molecule is Cc1cc(C(N)=O)ccc1CNCCN1CCCCC1. The first-order valence-corrected chi connectivity index (χ1v) is 7.49. The highest BCUT2D eigenvalue weighted by molar-refractivity contribution is 5.93. The second-order valence-electron chi connectivity index (χ2n) is 5.58. The predicted octanol–water partition coefficient (Wildman–Crippen LogP) is 1.67. The monoisotopic (exact) mass is 275 g/mol. The highest BCUT2D eigenvalue weighted by Crippen LogP contribution is 2.11. The van der Waals surface area contributed by atoms with Gasteiger partial charge in [-0.15, -0.1) is 0 Å². The number of rotatable bonds is 6. The molecule has 4 nitrogen and oxygen atoms in total. The number of hydrogen-bond acceptors (Lipinski definition) is 3. The molecule has 0 atom stereocenters. The van der Waals surface area contributed by atoms with Crippen LogP contribution in [0.4, 0.5) is 0 Å². The number of nitrogens with two attached hydrogens (primary N) is 1. The molecule has 1 aliphatic heterocycles. The lowest BCUT2D eigenvalue weighted by molar-refractivity contribution is 0.1000. The van der Waals surface area contributed by atoms with E-state index < -0.39 is 0 Å². The van der Waals surface area contributed by atoms with Crippen LogP contribution in [0.1, 0.15) is 40.7 Å². The Bertz CT molecular complexity index is 453. The van der Waals surface area contributed by atoms with Crippen molar-refractivity contribution in [1.29, 1.82) is 0 Å². The first-order valence-electron chi connectivity index (χ1n) is 7.49. The molecule has 0 saturated carbocycles. The molecule has 0 bridgehead atoms. The Labute approximate surface area is 121 Å². The van der Waals surface area contributed by atoms with E-state index in [1.807, 2.05) is 19.1 Å². The van der Waals surface area contributed by atoms with Gasteiger partial charge in [0.2, 0.25) is 5.91 Å². The summed E-state index contributed by atoms with van der Waals surface area (Å²) in [7, 11) is 0. The number of carbonyl (C=O) groups excluding carboxylic acids is 1. The average molecular weight is 275 g/mol. The molecule has 1 aliphatic rings. The third kappa shape index (κ3) is 4.32. The molecule has 1 saturated heterocycles. The highest BCUT2D eigenvalue weighted by Gasteiger charge is 2.09. The van der Waals surface area contributed by atoms with Gasteiger partial charge in [-0.2, -0.15) is 0 Å². The van der Waals surface area contributed by atoms with Crippen LogP contribution in [0.15, 0.2) is 18.2 Å². The van der Waals surface area contributed by atoms with Crippen LogP contribution in [-0.4, -0.2) is 37.0 Å². The molecular weight excluding hydrogens is 250 g/mol. The van der Waals surface area contributed by atoms with Crippen molar-refractivity contribution >= 4 is 5.91 Å². The molecule has 1 amide bonds. The molecule has 0 spiro atoms. The van der Waals surface area contributed by atoms with Gasteiger partial charge in [0.25, 0.3) is 0 Å². The van der Waals surface area contributed by atoms with Gasteiger partial charge in [-0.1, -0.05) is 12.5 Å². The number of nitrogens with one attached hydrogen (secondary N) is 1. The summed E-state index contributed by atoms with van der Waals surface area (Å²) in [6.07, 6.45) is 4.07. The lowest BCUT2D eigenvalue weighted by atomic mass is 10.0. The lowest BCUT2D eigenvalue weighted by Gasteiger charge is -2.26. The minimum Gasteiger partial charge on any atom is -0.366 e. The van der Waals surface area contributed by atoms with E-state index in [1.165, 1.54) is 37.9 Å². The maximum Gasteiger partial charge on any atom is 0.248 e. The Morgan fingerprint density at radius 1 is 1.30 bits per heavy atom. The molecule has 1 aromatic rings. The maximum atomic E-state index is 11.1. The number of benzene rings is 1. The van der Waals surface area contributed by atoms with Gasteiger partial charge in [0, 0.05) is 25.2 Å². The fourth-order valence-corrected chi connectivity index (χ4v) is 2.69. The second kappa shape index (κ2) is 7.41. The van der Waals surface area contributed by atoms with Gasteiger partial charge in [-0.05, 0) is 56.1 Å². The van der Waals surface area contributed by atoms with Crippen molar-refractivity contribution in [3.8, 4) is 0 Å². The molecule has 110 valence electrons. The fourth-order valence-electron chi connectivity index (χ4n) is 2.69. The third-order valence-electron chi connectivity index (χ3n) is 4.00. The summed E-state index contributed by atoms with van der Waals surface area (Å²) < 4.78 is 0. The van der Waals surface area contributed by atoms with Crippen molar-refractivity contribution in [3.05, 3.63) is 34.9 Å². The summed E-state index contributed by atoms with van der Waals surface area (Å²) >= 11 is 0. The standard InChI is InChI=1S/C16H25N3O/c1-13-11-14(16(17)20)5-6-15(13)12-18-7-10-19-8-3-2-4-9-19/h5-6,11,18H,2-4,7-10,12H2,1H3,(H2,17,20). The number of likely N-dealkylation sites (tertiary alicyclic amines) is 1. The van der Waals surface area contributed by atoms with Crippen LogP contribution in [0.5, 0.6) is 0 Å². The van der Waals surface area contributed by atoms with E-state index >= 15 is 0 Å². The molecule has 0 radical (unpaired) electrons. The number of carbonyl (C=O) groups is 1. The van der Waals surface area contributed by atoms with Crippen molar-refractivity contribution < 1.29 is 4.79 Å². The molecule has 3 N–H and O–H groups in total. The highest BCUT2D eigenvalue weighted by atomic mass is 16.1. The molecule has 2 rings (SSSR count). The van der Waals surface area contributed by atoms with E-state index in [1.54, 1.807) is 6.07 Å². The quantitative estimate of drug-likeness (QED) is 0.776. The molecule has 20 heavy (non-hydrogen) atoms. The number of primary amides is 1. The molecule has 0 unspecified atom stereocenters. The van der Waals surface area contributed by atoms with E-state index in [-0.39, 0.29) is 5.91 Å². The van der Waals surface area contributed by atoms with Crippen molar-refractivity contribution in [3.63, 3.8) is 0 Å². The van der Waals surface area contributed by atoms with Crippen molar-refractivity contribution in [2.24, 2.45) is 5.73 Å². The number of amides is 1. The van der Waals surface area contributed by atoms with Gasteiger partial charge in [-0.3, -0.25) is 4.79 Å². The van der Waals surface area contributed by atoms with Crippen LogP contribution in [0.25, 0.3) is 0 Å². The Hall–Kier alpha value is -1.39. The van der Waals surface area contributed by atoms with Gasteiger partial charge in [0.15, 0.2) is 0 Å². The topological polar surface area (TPSA) is 58.4 Å². The first kappa shape index (κ1) is 15.0. The van der Waals surface area contributed by atoms with Gasteiger partial charge in [-0.25, -0.2) is 0 Å². The molecule has 0 aliphatic carbocycles. The Morgan fingerprint density at radius 3 is 2.70 bits per heavy atom. The molecule has 1 heterocycles. The fraction of sp³-hybridized carbons (Fsp3) is 0.562. The zero-order valence-corrected chi connectivity index (χ0v) is 12.3. The van der Waals surface area contributed by atoms with Gasteiger partial charge in [0.05, 0.1) is 0 Å². The van der Waals surface area contributed by atoms with Gasteiger partial charge < -0.3 is 16.0 Å². The average Bonchev–Trinajstić information content (AvgIpc) is 2.46. The number of piperidine rings is 1. The summed E-state index contributed by atoms with van der Waals surface area (Å²) in [5, 5.41) is 3.48. The Kier molecular flexibility index (Phi) is 5.56. The van der Waals surface area contributed by atoms with Crippen molar-refractivity contribution in [1.82, 2.24) is 10.2 Å². The van der Waals surface area contributed by atoms with E-state index in [9.17, 15) is 4.79 Å². The number of aryl methyl sites for hydroxylation is 1. The second-order valence-corrected chi connectivity index (χ2v) is 5.58. The number of hydrogen-bond donors (Lipinski definition) is 2. The summed E-state index contributed by atoms with van der Waals surface area (Å²) in [4.78, 5) is 13.6. The summed E-state index contributed by atoms with van der Waals surface area (Å²) in [5.41, 5.74) is 8.21. The zero-order valence-electron chi connectivity index (χ0n) is 12.3. The van der Waals surface area contributed by atoms with Gasteiger partial charge >= 0.3 is 0 Å². The van der Waals surface area contributed by atoms with Crippen LogP contribution in [0.3, 0.4) is 0 Å². The van der Waals surface area contributed by atoms with Crippen LogP contribution >= 0.6 is 0 Å². The van der Waals surface area contributed by atoms with Crippen LogP contribution in [-0.2, 0) is 6.54 Å². The summed E-state index contributed by atoms with van der Waals surface area (Å²) in [5.74, 6) is -0.363. The predicted molar refractivity (Wildman–Crippen MR) is 81.7 cm³/mol. The van der Waals surface area contributed by atoms with E-state index in [0.717, 1.165) is 25.2 Å². The largest absolute Gasteiger partial charge is 0.366 e. The molecule has 4 heteroatoms. The van der Waals surface area contributed by atoms with E-state index in [2.05, 4.69) is 10.2 Å². The number of nitrogens with zero attached hydrogens (tertiary/aromatic N) is 1. The Morgan fingerprint density at radius 2 is 2.05 bits per heavy atom. The van der Waals surface area contributed by atoms with E-state index in [4.69, 9.17) is 5.73 Å². The zero-order chi connectivity index (χ0) is 14.4. The summed E-state index contributed by atoms with van der Waals surface area (Å²) in [6, 6.07) is 5.66. The minimum atomic E-state index is -0.363. The summed E-state index contributed by atoms with van der Waals surface area (Å²) in [6.45, 7) is 7.49.